The molecule has 0 atom stereocenters. The average Bonchev–Trinajstić information content (AvgIpc) is 2.61. The molecular formula is C19H22ClN3O3S. The van der Waals surface area contributed by atoms with Crippen molar-refractivity contribution in [3.63, 3.8) is 0 Å². The molecule has 1 fully saturated rings. The van der Waals surface area contributed by atoms with Gasteiger partial charge in [0.05, 0.1) is 5.02 Å². The molecule has 3 rings (SSSR count). The van der Waals surface area contributed by atoms with Crippen LogP contribution in [-0.2, 0) is 16.6 Å². The second-order valence-electron chi connectivity index (χ2n) is 6.75. The van der Waals surface area contributed by atoms with Crippen LogP contribution in [0.2, 0.25) is 5.02 Å². The molecule has 0 radical (unpaired) electrons. The highest BCUT2D eigenvalue weighted by Gasteiger charge is 2.24. The number of halogens is 1. The Labute approximate surface area is 164 Å². The van der Waals surface area contributed by atoms with Crippen molar-refractivity contribution in [3.8, 4) is 0 Å². The largest absolute Gasteiger partial charge is 0.336 e. The molecule has 6 nitrogen and oxygen atoms in total. The van der Waals surface area contributed by atoms with Crippen LogP contribution in [0.5, 0.6) is 0 Å². The van der Waals surface area contributed by atoms with Crippen LogP contribution in [0.1, 0.15) is 21.5 Å². The molecule has 0 bridgehead atoms. The number of carbonyl (C=O) groups excluding carboxylic acids is 1. The minimum absolute atomic E-state index is 0.0111. The summed E-state index contributed by atoms with van der Waals surface area (Å²) in [7, 11) is -3.98. The van der Waals surface area contributed by atoms with Crippen molar-refractivity contribution in [2.75, 3.05) is 26.2 Å². The number of piperazine rings is 1. The third-order valence-corrected chi connectivity index (χ3v) is 6.03. The van der Waals surface area contributed by atoms with Crippen molar-refractivity contribution in [2.45, 2.75) is 18.4 Å². The van der Waals surface area contributed by atoms with Gasteiger partial charge in [-0.25, -0.2) is 13.6 Å². The van der Waals surface area contributed by atoms with Gasteiger partial charge < -0.3 is 4.90 Å². The zero-order valence-electron chi connectivity index (χ0n) is 15.1. The predicted octanol–water partition coefficient (Wildman–Crippen LogP) is 2.25. The zero-order chi connectivity index (χ0) is 19.6. The van der Waals surface area contributed by atoms with Crippen LogP contribution in [0.3, 0.4) is 0 Å². The Balaban J connectivity index is 1.65. The van der Waals surface area contributed by atoms with E-state index in [0.29, 0.717) is 13.1 Å². The fraction of sp³-hybridized carbons (Fsp3) is 0.316. The fourth-order valence-corrected chi connectivity index (χ4v) is 4.29. The highest BCUT2D eigenvalue weighted by Crippen LogP contribution is 2.22. The molecule has 0 saturated carbocycles. The van der Waals surface area contributed by atoms with Gasteiger partial charge in [0.15, 0.2) is 0 Å². The molecule has 2 aromatic rings. The zero-order valence-corrected chi connectivity index (χ0v) is 16.6. The maximum absolute atomic E-state index is 12.7. The second-order valence-corrected chi connectivity index (χ2v) is 8.68. The third kappa shape index (κ3) is 4.87. The van der Waals surface area contributed by atoms with E-state index >= 15 is 0 Å². The average molecular weight is 408 g/mol. The number of rotatable bonds is 4. The van der Waals surface area contributed by atoms with E-state index in [1.54, 1.807) is 4.90 Å². The van der Waals surface area contributed by atoms with Crippen LogP contribution in [0, 0.1) is 6.92 Å². The summed E-state index contributed by atoms with van der Waals surface area (Å²) in [5, 5.41) is 5.17. The van der Waals surface area contributed by atoms with Crippen LogP contribution in [0.4, 0.5) is 0 Å². The van der Waals surface area contributed by atoms with Crippen molar-refractivity contribution in [3.05, 3.63) is 64.2 Å². The van der Waals surface area contributed by atoms with E-state index in [9.17, 15) is 13.2 Å². The van der Waals surface area contributed by atoms with E-state index in [1.807, 2.05) is 6.07 Å². The molecule has 0 aromatic heterocycles. The van der Waals surface area contributed by atoms with E-state index in [4.69, 9.17) is 16.7 Å². The molecule has 27 heavy (non-hydrogen) atoms. The van der Waals surface area contributed by atoms with Gasteiger partial charge >= 0.3 is 0 Å². The Hall–Kier alpha value is -1.93. The Morgan fingerprint density at radius 2 is 1.81 bits per heavy atom. The predicted molar refractivity (Wildman–Crippen MR) is 105 cm³/mol. The smallest absolute Gasteiger partial charge is 0.253 e. The summed E-state index contributed by atoms with van der Waals surface area (Å²) in [6.07, 6.45) is 0. The highest BCUT2D eigenvalue weighted by molar-refractivity contribution is 7.89. The van der Waals surface area contributed by atoms with E-state index in [-0.39, 0.29) is 21.4 Å². The first-order valence-corrected chi connectivity index (χ1v) is 10.6. The summed E-state index contributed by atoms with van der Waals surface area (Å²) >= 11 is 5.89. The maximum atomic E-state index is 12.7. The first kappa shape index (κ1) is 19.8. The SMILES string of the molecule is Cc1cccc(CN2CCN(C(=O)c3ccc(Cl)c(S(N)(=O)=O)c3)CC2)c1. The number of aryl methyl sites for hydroxylation is 1. The molecule has 1 aliphatic rings. The molecule has 1 aliphatic heterocycles. The minimum Gasteiger partial charge on any atom is -0.336 e. The first-order chi connectivity index (χ1) is 12.7. The monoisotopic (exact) mass is 407 g/mol. The fourth-order valence-electron chi connectivity index (χ4n) is 3.21. The number of carbonyl (C=O) groups is 1. The molecule has 0 aliphatic carbocycles. The van der Waals surface area contributed by atoms with E-state index in [0.717, 1.165) is 19.6 Å². The van der Waals surface area contributed by atoms with Gasteiger partial charge in [-0.3, -0.25) is 9.69 Å². The number of primary sulfonamides is 1. The Kier molecular flexibility index (Phi) is 5.86. The van der Waals surface area contributed by atoms with Gasteiger partial charge in [-0.05, 0) is 30.7 Å². The van der Waals surface area contributed by atoms with E-state index in [2.05, 4.69) is 30.0 Å². The normalized spacial score (nSPS) is 15.7. The van der Waals surface area contributed by atoms with E-state index in [1.165, 1.54) is 29.3 Å². The van der Waals surface area contributed by atoms with Gasteiger partial charge in [-0.15, -0.1) is 0 Å². The van der Waals surface area contributed by atoms with Gasteiger partial charge in [0.1, 0.15) is 4.90 Å². The maximum Gasteiger partial charge on any atom is 0.253 e. The van der Waals surface area contributed by atoms with Crippen LogP contribution in [0.25, 0.3) is 0 Å². The van der Waals surface area contributed by atoms with Crippen molar-refractivity contribution < 1.29 is 13.2 Å². The van der Waals surface area contributed by atoms with Crippen molar-refractivity contribution in [2.24, 2.45) is 5.14 Å². The van der Waals surface area contributed by atoms with Crippen LogP contribution in [0.15, 0.2) is 47.4 Å². The number of hydrogen-bond donors (Lipinski definition) is 1. The number of nitrogens with zero attached hydrogens (tertiary/aromatic N) is 2. The van der Waals surface area contributed by atoms with Crippen molar-refractivity contribution in [1.82, 2.24) is 9.80 Å². The van der Waals surface area contributed by atoms with Gasteiger partial charge in [0.25, 0.3) is 5.91 Å². The summed E-state index contributed by atoms with van der Waals surface area (Å²) in [4.78, 5) is 16.5. The summed E-state index contributed by atoms with van der Waals surface area (Å²) in [5.41, 5.74) is 2.76. The lowest BCUT2D eigenvalue weighted by Gasteiger charge is -2.35. The van der Waals surface area contributed by atoms with Gasteiger partial charge in [-0.1, -0.05) is 41.4 Å². The van der Waals surface area contributed by atoms with Crippen LogP contribution >= 0.6 is 11.6 Å². The number of sulfonamides is 1. The standard InChI is InChI=1S/C19H22ClN3O3S/c1-14-3-2-4-15(11-14)13-22-7-9-23(10-8-22)19(24)16-5-6-17(20)18(12-16)27(21,25)26/h2-6,11-12H,7-10,13H2,1H3,(H2,21,25,26). The molecule has 1 saturated heterocycles. The van der Waals surface area contributed by atoms with Crippen LogP contribution < -0.4 is 5.14 Å². The van der Waals surface area contributed by atoms with Gasteiger partial charge in [-0.2, -0.15) is 0 Å². The Bertz CT molecular complexity index is 954. The molecule has 0 spiro atoms. The number of hydrogen-bond acceptors (Lipinski definition) is 4. The van der Waals surface area contributed by atoms with Crippen LogP contribution in [-0.4, -0.2) is 50.3 Å². The van der Waals surface area contributed by atoms with Crippen molar-refractivity contribution in [1.29, 1.82) is 0 Å². The summed E-state index contributed by atoms with van der Waals surface area (Å²) in [6, 6.07) is 12.6. The minimum atomic E-state index is -3.98. The number of benzene rings is 2. The molecule has 1 heterocycles. The number of amides is 1. The lowest BCUT2D eigenvalue weighted by Crippen LogP contribution is -2.48. The third-order valence-electron chi connectivity index (χ3n) is 4.63. The molecular weight excluding hydrogens is 386 g/mol. The molecule has 0 unspecified atom stereocenters. The summed E-state index contributed by atoms with van der Waals surface area (Å²) < 4.78 is 23.2. The molecule has 1 amide bonds. The molecule has 2 N–H and O–H groups in total. The summed E-state index contributed by atoms with van der Waals surface area (Å²) in [6.45, 7) is 5.60. The summed E-state index contributed by atoms with van der Waals surface area (Å²) in [5.74, 6) is -0.216. The second kappa shape index (κ2) is 7.98. The number of nitrogens with two attached hydrogens (primary N) is 1. The van der Waals surface area contributed by atoms with Gasteiger partial charge in [0, 0.05) is 38.3 Å². The molecule has 2 aromatic carbocycles. The molecule has 144 valence electrons. The quantitative estimate of drug-likeness (QED) is 0.842. The Morgan fingerprint density at radius 1 is 1.11 bits per heavy atom. The van der Waals surface area contributed by atoms with E-state index < -0.39 is 10.0 Å². The topological polar surface area (TPSA) is 83.7 Å². The van der Waals surface area contributed by atoms with Crippen molar-refractivity contribution >= 4 is 27.5 Å². The Morgan fingerprint density at radius 3 is 2.44 bits per heavy atom. The first-order valence-electron chi connectivity index (χ1n) is 8.63. The molecule has 8 heteroatoms. The lowest BCUT2D eigenvalue weighted by molar-refractivity contribution is 0.0628. The van der Waals surface area contributed by atoms with Gasteiger partial charge in [0.2, 0.25) is 10.0 Å². The highest BCUT2D eigenvalue weighted by atomic mass is 35.5. The lowest BCUT2D eigenvalue weighted by atomic mass is 10.1.